The van der Waals surface area contributed by atoms with Crippen molar-refractivity contribution in [1.29, 1.82) is 0 Å². The van der Waals surface area contributed by atoms with Crippen molar-refractivity contribution in [3.63, 3.8) is 0 Å². The normalized spacial score (nSPS) is 10.1. The molecule has 0 aromatic carbocycles. The molecule has 0 unspecified atom stereocenters. The van der Waals surface area contributed by atoms with Crippen molar-refractivity contribution in [3.05, 3.63) is 47.7 Å². The monoisotopic (exact) mass is 271 g/mol. The molecule has 0 aliphatic heterocycles. The fraction of sp³-hybridized carbons (Fsp3) is 0.286. The van der Waals surface area contributed by atoms with E-state index in [1.54, 1.807) is 6.20 Å². The molecular weight excluding hydrogens is 254 g/mol. The van der Waals surface area contributed by atoms with Gasteiger partial charge < -0.3 is 10.6 Å². The molecule has 0 aliphatic carbocycles. The van der Waals surface area contributed by atoms with Crippen LogP contribution in [0.15, 0.2) is 30.6 Å². The lowest BCUT2D eigenvalue weighted by atomic mass is 10.3. The molecule has 0 saturated heterocycles. The first-order valence-electron chi connectivity index (χ1n) is 6.45. The third-order valence-corrected chi connectivity index (χ3v) is 2.62. The van der Waals surface area contributed by atoms with E-state index >= 15 is 0 Å². The maximum atomic E-state index is 11.9. The smallest absolute Gasteiger partial charge is 0.271 e. The van der Waals surface area contributed by atoms with Crippen LogP contribution in [0.1, 0.15) is 28.8 Å². The number of aromatic nitrogens is 3. The number of hydrogen-bond acceptors (Lipinski definition) is 5. The predicted octanol–water partition coefficient (Wildman–Crippen LogP) is 1.54. The van der Waals surface area contributed by atoms with Crippen molar-refractivity contribution in [1.82, 2.24) is 20.3 Å². The number of pyridine rings is 1. The molecule has 0 spiro atoms. The Morgan fingerprint density at radius 2 is 2.10 bits per heavy atom. The van der Waals surface area contributed by atoms with Crippen molar-refractivity contribution < 1.29 is 4.79 Å². The van der Waals surface area contributed by atoms with Gasteiger partial charge >= 0.3 is 0 Å². The quantitative estimate of drug-likeness (QED) is 0.862. The van der Waals surface area contributed by atoms with Crippen LogP contribution in [0.25, 0.3) is 0 Å². The average molecular weight is 271 g/mol. The van der Waals surface area contributed by atoms with Gasteiger partial charge in [-0.3, -0.25) is 9.78 Å². The van der Waals surface area contributed by atoms with E-state index in [2.05, 4.69) is 25.6 Å². The van der Waals surface area contributed by atoms with Gasteiger partial charge in [-0.2, -0.15) is 0 Å². The Morgan fingerprint density at radius 1 is 1.25 bits per heavy atom. The van der Waals surface area contributed by atoms with Crippen LogP contribution in [0.2, 0.25) is 0 Å². The second-order valence-electron chi connectivity index (χ2n) is 4.27. The molecule has 0 saturated carbocycles. The fourth-order valence-electron chi connectivity index (χ4n) is 1.68. The molecule has 6 heteroatoms. The highest BCUT2D eigenvalue weighted by Crippen LogP contribution is 2.02. The van der Waals surface area contributed by atoms with E-state index in [4.69, 9.17) is 0 Å². The van der Waals surface area contributed by atoms with Crippen molar-refractivity contribution in [3.8, 4) is 0 Å². The van der Waals surface area contributed by atoms with Gasteiger partial charge in [-0.05, 0) is 26.0 Å². The van der Waals surface area contributed by atoms with Crippen LogP contribution in [-0.2, 0) is 6.54 Å². The molecule has 0 radical (unpaired) electrons. The minimum absolute atomic E-state index is 0.260. The molecule has 0 fully saturated rings. The molecule has 0 atom stereocenters. The predicted molar refractivity (Wildman–Crippen MR) is 76.3 cm³/mol. The number of amides is 1. The van der Waals surface area contributed by atoms with Crippen molar-refractivity contribution in [2.75, 3.05) is 11.9 Å². The number of carbonyl (C=O) groups is 1. The second kappa shape index (κ2) is 6.60. The molecule has 2 rings (SSSR count). The van der Waals surface area contributed by atoms with Gasteiger partial charge in [0.05, 0.1) is 24.6 Å². The molecule has 0 bridgehead atoms. The van der Waals surface area contributed by atoms with E-state index in [1.165, 1.54) is 6.20 Å². The summed E-state index contributed by atoms with van der Waals surface area (Å²) in [5.41, 5.74) is 2.03. The summed E-state index contributed by atoms with van der Waals surface area (Å²) in [5.74, 6) is 0.397. The summed E-state index contributed by atoms with van der Waals surface area (Å²) < 4.78 is 0. The molecule has 1 amide bonds. The van der Waals surface area contributed by atoms with Gasteiger partial charge in [-0.1, -0.05) is 6.07 Å². The van der Waals surface area contributed by atoms with E-state index < -0.39 is 0 Å². The topological polar surface area (TPSA) is 79.8 Å². The lowest BCUT2D eigenvalue weighted by Gasteiger charge is -2.06. The number of aryl methyl sites for hydroxylation is 1. The van der Waals surface area contributed by atoms with Gasteiger partial charge in [0.1, 0.15) is 11.5 Å². The third kappa shape index (κ3) is 3.74. The largest absolute Gasteiger partial charge is 0.369 e. The Kier molecular flexibility index (Phi) is 4.60. The molecule has 0 aliphatic rings. The van der Waals surface area contributed by atoms with Gasteiger partial charge in [0.2, 0.25) is 0 Å². The van der Waals surface area contributed by atoms with Crippen molar-refractivity contribution in [2.45, 2.75) is 20.4 Å². The molecule has 6 nitrogen and oxygen atoms in total. The Labute approximate surface area is 117 Å². The van der Waals surface area contributed by atoms with Crippen LogP contribution >= 0.6 is 0 Å². The SMILES string of the molecule is CCNc1cnc(C(=O)NCc2cccc(C)n2)cn1. The third-order valence-electron chi connectivity index (χ3n) is 2.62. The molecule has 20 heavy (non-hydrogen) atoms. The highest BCUT2D eigenvalue weighted by Gasteiger charge is 2.07. The zero-order valence-electron chi connectivity index (χ0n) is 11.6. The van der Waals surface area contributed by atoms with Crippen LogP contribution in [0.4, 0.5) is 5.82 Å². The number of rotatable bonds is 5. The van der Waals surface area contributed by atoms with Gasteiger partial charge in [0.15, 0.2) is 0 Å². The maximum absolute atomic E-state index is 11.9. The standard InChI is InChI=1S/C14H17N5O/c1-3-15-13-9-16-12(8-17-13)14(20)18-7-11-6-4-5-10(2)19-11/h4-6,8-9H,3,7H2,1-2H3,(H,15,17)(H,18,20). The van der Waals surface area contributed by atoms with Crippen LogP contribution in [0, 0.1) is 6.92 Å². The highest BCUT2D eigenvalue weighted by molar-refractivity contribution is 5.91. The Bertz CT molecular complexity index is 582. The summed E-state index contributed by atoms with van der Waals surface area (Å²) in [6.45, 7) is 5.02. The van der Waals surface area contributed by atoms with E-state index in [0.717, 1.165) is 17.9 Å². The van der Waals surface area contributed by atoms with Crippen LogP contribution in [0.3, 0.4) is 0 Å². The minimum Gasteiger partial charge on any atom is -0.369 e. The number of nitrogens with one attached hydrogen (secondary N) is 2. The van der Waals surface area contributed by atoms with E-state index in [1.807, 2.05) is 32.0 Å². The summed E-state index contributed by atoms with van der Waals surface area (Å²) in [5, 5.41) is 5.79. The van der Waals surface area contributed by atoms with E-state index in [9.17, 15) is 4.79 Å². The summed E-state index contributed by atoms with van der Waals surface area (Å²) in [7, 11) is 0. The Morgan fingerprint density at radius 3 is 2.75 bits per heavy atom. The minimum atomic E-state index is -0.260. The lowest BCUT2D eigenvalue weighted by molar-refractivity contribution is 0.0945. The summed E-state index contributed by atoms with van der Waals surface area (Å²) in [6, 6.07) is 5.69. The number of nitrogens with zero attached hydrogens (tertiary/aromatic N) is 3. The number of hydrogen-bond donors (Lipinski definition) is 2. The fourth-order valence-corrected chi connectivity index (χ4v) is 1.68. The van der Waals surface area contributed by atoms with Gasteiger partial charge in [-0.15, -0.1) is 0 Å². The second-order valence-corrected chi connectivity index (χ2v) is 4.27. The van der Waals surface area contributed by atoms with Gasteiger partial charge in [0.25, 0.3) is 5.91 Å². The van der Waals surface area contributed by atoms with Crippen molar-refractivity contribution >= 4 is 11.7 Å². The summed E-state index contributed by atoms with van der Waals surface area (Å²) >= 11 is 0. The first-order valence-corrected chi connectivity index (χ1v) is 6.45. The van der Waals surface area contributed by atoms with Gasteiger partial charge in [0, 0.05) is 12.2 Å². The zero-order valence-corrected chi connectivity index (χ0v) is 11.6. The molecular formula is C14H17N5O. The first kappa shape index (κ1) is 13.9. The van der Waals surface area contributed by atoms with E-state index in [-0.39, 0.29) is 5.91 Å². The van der Waals surface area contributed by atoms with Crippen LogP contribution in [0.5, 0.6) is 0 Å². The molecule has 2 aromatic rings. The maximum Gasteiger partial charge on any atom is 0.271 e. The van der Waals surface area contributed by atoms with Crippen LogP contribution < -0.4 is 10.6 Å². The molecule has 2 N–H and O–H groups in total. The highest BCUT2D eigenvalue weighted by atomic mass is 16.1. The Hall–Kier alpha value is -2.50. The van der Waals surface area contributed by atoms with E-state index in [0.29, 0.717) is 18.1 Å². The molecule has 2 heterocycles. The molecule has 2 aromatic heterocycles. The van der Waals surface area contributed by atoms with Crippen LogP contribution in [-0.4, -0.2) is 27.4 Å². The first-order chi connectivity index (χ1) is 9.69. The molecule has 104 valence electrons. The Balaban J connectivity index is 1.94. The van der Waals surface area contributed by atoms with Crippen molar-refractivity contribution in [2.24, 2.45) is 0 Å². The summed E-state index contributed by atoms with van der Waals surface area (Å²) in [6.07, 6.45) is 3.00. The van der Waals surface area contributed by atoms with Gasteiger partial charge in [-0.25, -0.2) is 9.97 Å². The number of anilines is 1. The summed E-state index contributed by atoms with van der Waals surface area (Å²) in [4.78, 5) is 24.4. The lowest BCUT2D eigenvalue weighted by Crippen LogP contribution is -2.24. The average Bonchev–Trinajstić information content (AvgIpc) is 2.46. The number of carbonyl (C=O) groups excluding carboxylic acids is 1. The zero-order chi connectivity index (χ0) is 14.4.